The summed E-state index contributed by atoms with van der Waals surface area (Å²) in [5.41, 5.74) is 4.61. The van der Waals surface area contributed by atoms with E-state index in [4.69, 9.17) is 15.6 Å². The van der Waals surface area contributed by atoms with Crippen LogP contribution < -0.4 is 5.73 Å². The van der Waals surface area contributed by atoms with Crippen molar-refractivity contribution in [3.63, 3.8) is 0 Å². The molecule has 1 amide bonds. The molecule has 110 valence electrons. The molecule has 20 heavy (non-hydrogen) atoms. The van der Waals surface area contributed by atoms with Gasteiger partial charge in [0.25, 0.3) is 5.91 Å². The molecule has 0 radical (unpaired) electrons. The molecular formula is C14H19NO4S. The highest BCUT2D eigenvalue weighted by Gasteiger charge is 2.41. The van der Waals surface area contributed by atoms with E-state index in [2.05, 4.69) is 0 Å². The topological polar surface area (TPSA) is 89.6 Å². The van der Waals surface area contributed by atoms with Gasteiger partial charge in [0.15, 0.2) is 0 Å². The Balaban J connectivity index is 3.02. The first-order valence-electron chi connectivity index (χ1n) is 6.26. The lowest BCUT2D eigenvalue weighted by molar-refractivity contribution is -0.167. The van der Waals surface area contributed by atoms with Crippen LogP contribution in [0.15, 0.2) is 30.3 Å². The number of carbonyl (C=O) groups is 2. The second-order valence-corrected chi connectivity index (χ2v) is 5.46. The van der Waals surface area contributed by atoms with Gasteiger partial charge >= 0.3 is 5.97 Å². The number of hydrogen-bond donors (Lipinski definition) is 2. The van der Waals surface area contributed by atoms with Crippen LogP contribution >= 0.6 is 11.8 Å². The third kappa shape index (κ3) is 4.25. The number of hydrogen-bond acceptors (Lipinski definition) is 5. The van der Waals surface area contributed by atoms with E-state index in [0.29, 0.717) is 17.1 Å². The number of amides is 1. The molecule has 0 bridgehead atoms. The fourth-order valence-electron chi connectivity index (χ4n) is 1.91. The van der Waals surface area contributed by atoms with Gasteiger partial charge in [-0.05, 0) is 5.75 Å². The lowest BCUT2D eigenvalue weighted by Crippen LogP contribution is -2.45. The molecule has 0 heterocycles. The number of thioether (sulfide) groups is 1. The molecule has 1 rings (SSSR count). The van der Waals surface area contributed by atoms with Crippen LogP contribution in [0.25, 0.3) is 0 Å². The van der Waals surface area contributed by atoms with Gasteiger partial charge in [0.05, 0.1) is 6.61 Å². The van der Waals surface area contributed by atoms with E-state index in [1.54, 1.807) is 24.3 Å². The Kier molecular flexibility index (Phi) is 6.54. The van der Waals surface area contributed by atoms with E-state index in [-0.39, 0.29) is 13.0 Å². The molecular weight excluding hydrogens is 278 g/mol. The van der Waals surface area contributed by atoms with E-state index in [1.165, 1.54) is 18.7 Å². The van der Waals surface area contributed by atoms with Gasteiger partial charge in [-0.25, -0.2) is 0 Å². The zero-order chi connectivity index (χ0) is 15.0. The van der Waals surface area contributed by atoms with Gasteiger partial charge in [0.1, 0.15) is 0 Å². The number of benzene rings is 1. The van der Waals surface area contributed by atoms with Crippen LogP contribution in [0.2, 0.25) is 0 Å². The van der Waals surface area contributed by atoms with Gasteiger partial charge in [0.2, 0.25) is 5.60 Å². The summed E-state index contributed by atoms with van der Waals surface area (Å²) in [6.45, 7) is 1.31. The van der Waals surface area contributed by atoms with Crippen LogP contribution in [0.1, 0.15) is 18.9 Å². The van der Waals surface area contributed by atoms with Crippen LogP contribution in [-0.4, -0.2) is 35.1 Å². The van der Waals surface area contributed by atoms with Crippen LogP contribution in [0.4, 0.5) is 0 Å². The summed E-state index contributed by atoms with van der Waals surface area (Å²) in [5.74, 6) is -0.140. The predicted octanol–water partition coefficient (Wildman–Crippen LogP) is 1.05. The van der Waals surface area contributed by atoms with Crippen molar-refractivity contribution < 1.29 is 19.4 Å². The third-order valence-electron chi connectivity index (χ3n) is 2.79. The number of carbonyl (C=O) groups excluding carboxylic acids is 2. The monoisotopic (exact) mass is 297 g/mol. The van der Waals surface area contributed by atoms with Gasteiger partial charge in [-0.3, -0.25) is 9.59 Å². The highest BCUT2D eigenvalue weighted by Crippen LogP contribution is 2.31. The zero-order valence-electron chi connectivity index (χ0n) is 11.4. The van der Waals surface area contributed by atoms with Crippen molar-refractivity contribution in [2.75, 3.05) is 18.1 Å². The number of aliphatic hydroxyl groups is 1. The summed E-state index contributed by atoms with van der Waals surface area (Å²) in [6.07, 6.45) is 0.274. The predicted molar refractivity (Wildman–Crippen MR) is 78.1 cm³/mol. The molecule has 5 nitrogen and oxygen atoms in total. The quantitative estimate of drug-likeness (QED) is 0.553. The summed E-state index contributed by atoms with van der Waals surface area (Å²) in [7, 11) is 0. The first-order valence-corrected chi connectivity index (χ1v) is 7.42. The summed E-state index contributed by atoms with van der Waals surface area (Å²) in [4.78, 5) is 23.3. The van der Waals surface area contributed by atoms with Crippen LogP contribution in [-0.2, 0) is 19.9 Å². The average Bonchev–Trinajstić information content (AvgIpc) is 2.42. The first-order chi connectivity index (χ1) is 9.53. The molecule has 1 atom stereocenters. The minimum atomic E-state index is -1.45. The average molecular weight is 297 g/mol. The van der Waals surface area contributed by atoms with E-state index < -0.39 is 17.5 Å². The summed E-state index contributed by atoms with van der Waals surface area (Å²) in [5, 5.41) is 8.77. The van der Waals surface area contributed by atoms with Crippen LogP contribution in [0, 0.1) is 0 Å². The Morgan fingerprint density at radius 2 is 1.95 bits per heavy atom. The molecule has 0 aromatic heterocycles. The summed E-state index contributed by atoms with van der Waals surface area (Å²) < 4.78 is 5.28. The van der Waals surface area contributed by atoms with Crippen LogP contribution in [0.3, 0.4) is 0 Å². The van der Waals surface area contributed by atoms with Gasteiger partial charge in [-0.2, -0.15) is 11.8 Å². The Bertz CT molecular complexity index is 452. The molecule has 6 heteroatoms. The Morgan fingerprint density at radius 1 is 1.30 bits per heavy atom. The molecule has 1 unspecified atom stereocenters. The SMILES string of the molecule is CC(=O)OC(CCSCCO)(C(N)=O)c1ccccc1. The normalized spacial score (nSPS) is 13.5. The molecule has 0 saturated heterocycles. The zero-order valence-corrected chi connectivity index (χ0v) is 12.2. The number of nitrogens with two attached hydrogens (primary N) is 1. The number of esters is 1. The highest BCUT2D eigenvalue weighted by atomic mass is 32.2. The van der Waals surface area contributed by atoms with Gasteiger partial charge in [-0.1, -0.05) is 30.3 Å². The molecule has 0 aliphatic carbocycles. The molecule has 0 fully saturated rings. The fraction of sp³-hybridized carbons (Fsp3) is 0.429. The number of primary amides is 1. The largest absolute Gasteiger partial charge is 0.444 e. The maximum atomic E-state index is 11.9. The minimum Gasteiger partial charge on any atom is -0.444 e. The van der Waals surface area contributed by atoms with E-state index in [1.807, 2.05) is 6.07 Å². The second-order valence-electron chi connectivity index (χ2n) is 4.24. The van der Waals surface area contributed by atoms with E-state index in [9.17, 15) is 9.59 Å². The molecule has 1 aromatic carbocycles. The minimum absolute atomic E-state index is 0.0626. The lowest BCUT2D eigenvalue weighted by atomic mass is 9.90. The van der Waals surface area contributed by atoms with Crippen molar-refractivity contribution in [1.82, 2.24) is 0 Å². The lowest BCUT2D eigenvalue weighted by Gasteiger charge is -2.30. The number of rotatable bonds is 8. The number of ether oxygens (including phenoxy) is 1. The molecule has 1 aromatic rings. The molecule has 3 N–H and O–H groups in total. The molecule has 0 aliphatic rings. The van der Waals surface area contributed by atoms with Gasteiger partial charge in [-0.15, -0.1) is 0 Å². The van der Waals surface area contributed by atoms with Crippen LogP contribution in [0.5, 0.6) is 0 Å². The van der Waals surface area contributed by atoms with Gasteiger partial charge < -0.3 is 15.6 Å². The molecule has 0 saturated carbocycles. The maximum absolute atomic E-state index is 11.9. The summed E-state index contributed by atoms with van der Waals surface area (Å²) in [6, 6.07) is 8.76. The third-order valence-corrected chi connectivity index (χ3v) is 3.75. The Labute approximate surface area is 122 Å². The van der Waals surface area contributed by atoms with Crippen molar-refractivity contribution in [2.45, 2.75) is 18.9 Å². The smallest absolute Gasteiger partial charge is 0.304 e. The summed E-state index contributed by atoms with van der Waals surface area (Å²) >= 11 is 1.47. The Hall–Kier alpha value is -1.53. The van der Waals surface area contributed by atoms with Crippen molar-refractivity contribution in [1.29, 1.82) is 0 Å². The van der Waals surface area contributed by atoms with Crippen molar-refractivity contribution in [2.24, 2.45) is 5.73 Å². The standard InChI is InChI=1S/C14H19NO4S/c1-11(17)19-14(13(15)18,7-9-20-10-8-16)12-5-3-2-4-6-12/h2-6,16H,7-10H2,1H3,(H2,15,18). The van der Waals surface area contributed by atoms with E-state index in [0.717, 1.165) is 0 Å². The highest BCUT2D eigenvalue weighted by molar-refractivity contribution is 7.99. The first kappa shape index (κ1) is 16.5. The van der Waals surface area contributed by atoms with Gasteiger partial charge in [0, 0.05) is 24.7 Å². The molecule has 0 spiro atoms. The number of aliphatic hydroxyl groups excluding tert-OH is 1. The fourth-order valence-corrected chi connectivity index (χ4v) is 2.67. The van der Waals surface area contributed by atoms with Crippen molar-refractivity contribution >= 4 is 23.6 Å². The van der Waals surface area contributed by atoms with Crippen molar-refractivity contribution in [3.8, 4) is 0 Å². The molecule has 0 aliphatic heterocycles. The second kappa shape index (κ2) is 7.91. The van der Waals surface area contributed by atoms with E-state index >= 15 is 0 Å². The Morgan fingerprint density at radius 3 is 2.45 bits per heavy atom. The van der Waals surface area contributed by atoms with Crippen molar-refractivity contribution in [3.05, 3.63) is 35.9 Å². The maximum Gasteiger partial charge on any atom is 0.304 e.